The van der Waals surface area contributed by atoms with E-state index in [9.17, 15) is 4.79 Å². The normalized spacial score (nSPS) is 12.6. The van der Waals surface area contributed by atoms with Gasteiger partial charge in [-0.25, -0.2) is 0 Å². The van der Waals surface area contributed by atoms with Crippen molar-refractivity contribution in [2.75, 3.05) is 18.1 Å². The molecule has 0 radical (unpaired) electrons. The predicted octanol–water partition coefficient (Wildman–Crippen LogP) is 0.988. The minimum atomic E-state index is 0.0123. The van der Waals surface area contributed by atoms with Crippen molar-refractivity contribution in [2.45, 2.75) is 13.3 Å². The van der Waals surface area contributed by atoms with Gasteiger partial charge >= 0.3 is 0 Å². The van der Waals surface area contributed by atoms with Gasteiger partial charge in [-0.3, -0.25) is 4.79 Å². The van der Waals surface area contributed by atoms with E-state index in [2.05, 4.69) is 30.6 Å². The Bertz CT molecular complexity index is 119. The van der Waals surface area contributed by atoms with Gasteiger partial charge in [-0.05, 0) is 12.2 Å². The molecule has 0 aliphatic rings. The minimum absolute atomic E-state index is 0.0123. The average Bonchev–Trinajstić information content (AvgIpc) is 2.03. The van der Waals surface area contributed by atoms with Crippen molar-refractivity contribution >= 4 is 31.2 Å². The highest BCUT2D eigenvalue weighted by molar-refractivity contribution is 7.80. The third-order valence-corrected chi connectivity index (χ3v) is 2.22. The molecular formula is C7H15NOS2. The van der Waals surface area contributed by atoms with Gasteiger partial charge in [-0.15, -0.1) is 0 Å². The van der Waals surface area contributed by atoms with Crippen molar-refractivity contribution in [3.8, 4) is 0 Å². The van der Waals surface area contributed by atoms with Crippen LogP contribution in [0, 0.1) is 5.92 Å². The molecule has 0 saturated carbocycles. The third kappa shape index (κ3) is 5.44. The van der Waals surface area contributed by atoms with E-state index >= 15 is 0 Å². The molecule has 1 amide bonds. The summed E-state index contributed by atoms with van der Waals surface area (Å²) < 4.78 is 0. The molecule has 66 valence electrons. The standard InChI is InChI=1S/C7H15NOS2/c1-6(5-11)7(9)8-3-2-4-10/h6,10-11H,2-5H2,1H3,(H,8,9). The van der Waals surface area contributed by atoms with E-state index in [0.29, 0.717) is 5.75 Å². The Morgan fingerprint density at radius 3 is 2.64 bits per heavy atom. The Balaban J connectivity index is 3.36. The van der Waals surface area contributed by atoms with Crippen LogP contribution in [0.4, 0.5) is 0 Å². The topological polar surface area (TPSA) is 29.1 Å². The van der Waals surface area contributed by atoms with Crippen molar-refractivity contribution in [1.82, 2.24) is 5.32 Å². The van der Waals surface area contributed by atoms with Gasteiger partial charge in [0.25, 0.3) is 0 Å². The van der Waals surface area contributed by atoms with E-state index in [1.54, 1.807) is 0 Å². The summed E-state index contributed by atoms with van der Waals surface area (Å²) in [4.78, 5) is 11.1. The molecule has 0 rings (SSSR count). The van der Waals surface area contributed by atoms with E-state index in [4.69, 9.17) is 0 Å². The number of hydrogen-bond acceptors (Lipinski definition) is 3. The van der Waals surface area contributed by atoms with Crippen LogP contribution in [0.15, 0.2) is 0 Å². The molecule has 0 aromatic rings. The summed E-state index contributed by atoms with van der Waals surface area (Å²) in [5.74, 6) is 1.52. The molecule has 0 saturated heterocycles. The number of carbonyl (C=O) groups excluding carboxylic acids is 1. The maximum absolute atomic E-state index is 11.1. The first-order valence-corrected chi connectivity index (χ1v) is 4.98. The van der Waals surface area contributed by atoms with Crippen molar-refractivity contribution in [3.63, 3.8) is 0 Å². The van der Waals surface area contributed by atoms with Gasteiger partial charge in [0.15, 0.2) is 0 Å². The monoisotopic (exact) mass is 193 g/mol. The second-order valence-electron chi connectivity index (χ2n) is 2.45. The Morgan fingerprint density at radius 2 is 2.18 bits per heavy atom. The van der Waals surface area contributed by atoms with Crippen LogP contribution in [0.1, 0.15) is 13.3 Å². The molecule has 0 aliphatic heterocycles. The lowest BCUT2D eigenvalue weighted by molar-refractivity contribution is -0.123. The molecule has 0 aromatic heterocycles. The maximum atomic E-state index is 11.1. The number of nitrogens with one attached hydrogen (secondary N) is 1. The molecular weight excluding hydrogens is 178 g/mol. The average molecular weight is 193 g/mol. The molecule has 0 bridgehead atoms. The van der Waals surface area contributed by atoms with Crippen LogP contribution in [-0.4, -0.2) is 24.0 Å². The lowest BCUT2D eigenvalue weighted by atomic mass is 10.2. The summed E-state index contributed by atoms with van der Waals surface area (Å²) in [5, 5.41) is 2.80. The molecule has 0 spiro atoms. The Morgan fingerprint density at radius 1 is 1.55 bits per heavy atom. The highest BCUT2D eigenvalue weighted by Crippen LogP contribution is 1.96. The molecule has 4 heteroatoms. The summed E-state index contributed by atoms with van der Waals surface area (Å²) in [7, 11) is 0. The van der Waals surface area contributed by atoms with E-state index in [1.807, 2.05) is 6.92 Å². The lowest BCUT2D eigenvalue weighted by Crippen LogP contribution is -2.30. The quantitative estimate of drug-likeness (QED) is 0.441. The summed E-state index contributed by atoms with van der Waals surface area (Å²) in [5.41, 5.74) is 0. The zero-order chi connectivity index (χ0) is 8.69. The van der Waals surface area contributed by atoms with Crippen LogP contribution in [0.5, 0.6) is 0 Å². The molecule has 0 heterocycles. The van der Waals surface area contributed by atoms with Gasteiger partial charge in [0.1, 0.15) is 0 Å². The molecule has 1 atom stereocenters. The fraction of sp³-hybridized carbons (Fsp3) is 0.857. The van der Waals surface area contributed by atoms with E-state index < -0.39 is 0 Å². The fourth-order valence-electron chi connectivity index (χ4n) is 0.548. The molecule has 11 heavy (non-hydrogen) atoms. The van der Waals surface area contributed by atoms with Gasteiger partial charge in [-0.1, -0.05) is 6.92 Å². The summed E-state index contributed by atoms with van der Waals surface area (Å²) in [6, 6.07) is 0. The first-order valence-electron chi connectivity index (χ1n) is 3.71. The van der Waals surface area contributed by atoms with Gasteiger partial charge in [0, 0.05) is 18.2 Å². The second-order valence-corrected chi connectivity index (χ2v) is 3.26. The molecule has 0 aromatic carbocycles. The number of thiol groups is 2. The van der Waals surface area contributed by atoms with Gasteiger partial charge < -0.3 is 5.32 Å². The highest BCUT2D eigenvalue weighted by atomic mass is 32.1. The first kappa shape index (κ1) is 11.2. The molecule has 1 N–H and O–H groups in total. The molecule has 2 nitrogen and oxygen atoms in total. The van der Waals surface area contributed by atoms with Crippen LogP contribution in [-0.2, 0) is 4.79 Å². The summed E-state index contributed by atoms with van der Waals surface area (Å²) >= 11 is 8.06. The minimum Gasteiger partial charge on any atom is -0.356 e. The first-order chi connectivity index (χ1) is 5.22. The zero-order valence-corrected chi connectivity index (χ0v) is 8.50. The largest absolute Gasteiger partial charge is 0.356 e. The Kier molecular flexibility index (Phi) is 6.96. The molecule has 0 fully saturated rings. The maximum Gasteiger partial charge on any atom is 0.223 e. The lowest BCUT2D eigenvalue weighted by Gasteiger charge is -2.08. The van der Waals surface area contributed by atoms with Crippen molar-refractivity contribution in [1.29, 1.82) is 0 Å². The highest BCUT2D eigenvalue weighted by Gasteiger charge is 2.08. The van der Waals surface area contributed by atoms with Crippen LogP contribution >= 0.6 is 25.3 Å². The fourth-order valence-corrected chi connectivity index (χ4v) is 0.872. The van der Waals surface area contributed by atoms with Crippen LogP contribution in [0.2, 0.25) is 0 Å². The SMILES string of the molecule is CC(CS)C(=O)NCCCS. The molecule has 0 aliphatic carbocycles. The molecule has 1 unspecified atom stereocenters. The zero-order valence-electron chi connectivity index (χ0n) is 6.71. The Labute approximate surface area is 79.0 Å². The number of rotatable bonds is 5. The smallest absolute Gasteiger partial charge is 0.223 e. The summed E-state index contributed by atoms with van der Waals surface area (Å²) in [6.07, 6.45) is 0.925. The van der Waals surface area contributed by atoms with E-state index in [0.717, 1.165) is 18.7 Å². The Hall–Kier alpha value is 0.170. The van der Waals surface area contributed by atoms with Crippen LogP contribution < -0.4 is 5.32 Å². The van der Waals surface area contributed by atoms with Crippen molar-refractivity contribution in [2.24, 2.45) is 5.92 Å². The van der Waals surface area contributed by atoms with Crippen LogP contribution in [0.3, 0.4) is 0 Å². The van der Waals surface area contributed by atoms with Crippen LogP contribution in [0.25, 0.3) is 0 Å². The predicted molar refractivity (Wildman–Crippen MR) is 54.5 cm³/mol. The van der Waals surface area contributed by atoms with Gasteiger partial charge in [0.05, 0.1) is 0 Å². The van der Waals surface area contributed by atoms with Crippen molar-refractivity contribution in [3.05, 3.63) is 0 Å². The number of amides is 1. The van der Waals surface area contributed by atoms with Gasteiger partial charge in [-0.2, -0.15) is 25.3 Å². The van der Waals surface area contributed by atoms with Gasteiger partial charge in [0.2, 0.25) is 5.91 Å². The van der Waals surface area contributed by atoms with E-state index in [1.165, 1.54) is 0 Å². The summed E-state index contributed by atoms with van der Waals surface area (Å²) in [6.45, 7) is 2.59. The van der Waals surface area contributed by atoms with Crippen molar-refractivity contribution < 1.29 is 4.79 Å². The number of carbonyl (C=O) groups is 1. The second kappa shape index (κ2) is 6.85. The van der Waals surface area contributed by atoms with E-state index in [-0.39, 0.29) is 11.8 Å². The number of hydrogen-bond donors (Lipinski definition) is 3. The third-order valence-electron chi connectivity index (χ3n) is 1.36.